The van der Waals surface area contributed by atoms with Gasteiger partial charge in [0.2, 0.25) is 0 Å². The van der Waals surface area contributed by atoms with Crippen molar-refractivity contribution in [2.24, 2.45) is 5.73 Å². The third-order valence-electron chi connectivity index (χ3n) is 2.86. The standard InChI is InChI=1S/C15H15F2NOS/c1-19-12-5-2-10(3-6-12)15(9-18)20-14-7-4-11(16)8-13(14)17/h2-8,15H,9,18H2,1H3. The van der Waals surface area contributed by atoms with Crippen LogP contribution < -0.4 is 10.5 Å². The van der Waals surface area contributed by atoms with Gasteiger partial charge in [-0.15, -0.1) is 11.8 Å². The van der Waals surface area contributed by atoms with Crippen LogP contribution in [0.3, 0.4) is 0 Å². The minimum atomic E-state index is -0.583. The van der Waals surface area contributed by atoms with Crippen LogP contribution in [-0.2, 0) is 0 Å². The van der Waals surface area contributed by atoms with Crippen molar-refractivity contribution in [3.63, 3.8) is 0 Å². The summed E-state index contributed by atoms with van der Waals surface area (Å²) < 4.78 is 31.6. The minimum Gasteiger partial charge on any atom is -0.497 e. The molecular weight excluding hydrogens is 280 g/mol. The van der Waals surface area contributed by atoms with Gasteiger partial charge < -0.3 is 10.5 Å². The summed E-state index contributed by atoms with van der Waals surface area (Å²) in [6.45, 7) is 0.355. The van der Waals surface area contributed by atoms with Crippen LogP contribution in [0.2, 0.25) is 0 Å². The molecule has 5 heteroatoms. The fourth-order valence-corrected chi connectivity index (χ4v) is 2.81. The molecule has 1 unspecified atom stereocenters. The Kier molecular flexibility index (Phi) is 4.98. The van der Waals surface area contributed by atoms with Crippen LogP contribution in [0.25, 0.3) is 0 Å². The van der Waals surface area contributed by atoms with Gasteiger partial charge in [-0.25, -0.2) is 8.78 Å². The van der Waals surface area contributed by atoms with E-state index in [1.807, 2.05) is 24.3 Å². The molecule has 0 spiro atoms. The highest BCUT2D eigenvalue weighted by Crippen LogP contribution is 2.36. The second-order valence-corrected chi connectivity index (χ2v) is 5.43. The monoisotopic (exact) mass is 295 g/mol. The average Bonchev–Trinajstić information content (AvgIpc) is 2.47. The molecule has 2 aromatic carbocycles. The van der Waals surface area contributed by atoms with E-state index in [9.17, 15) is 8.78 Å². The quantitative estimate of drug-likeness (QED) is 0.853. The van der Waals surface area contributed by atoms with Crippen molar-refractivity contribution in [2.75, 3.05) is 13.7 Å². The summed E-state index contributed by atoms with van der Waals surface area (Å²) in [6, 6.07) is 11.0. The van der Waals surface area contributed by atoms with Crippen molar-refractivity contribution in [1.82, 2.24) is 0 Å². The molecule has 0 fully saturated rings. The van der Waals surface area contributed by atoms with Crippen molar-refractivity contribution in [1.29, 1.82) is 0 Å². The van der Waals surface area contributed by atoms with E-state index < -0.39 is 11.6 Å². The molecular formula is C15H15F2NOS. The van der Waals surface area contributed by atoms with Gasteiger partial charge >= 0.3 is 0 Å². The summed E-state index contributed by atoms with van der Waals surface area (Å²) in [7, 11) is 1.60. The molecule has 0 heterocycles. The molecule has 20 heavy (non-hydrogen) atoms. The second kappa shape index (κ2) is 6.72. The van der Waals surface area contributed by atoms with Crippen LogP contribution in [0.15, 0.2) is 47.4 Å². The molecule has 2 aromatic rings. The van der Waals surface area contributed by atoms with Gasteiger partial charge in [0.15, 0.2) is 0 Å². The smallest absolute Gasteiger partial charge is 0.139 e. The molecule has 0 radical (unpaired) electrons. The lowest BCUT2D eigenvalue weighted by molar-refractivity contribution is 0.414. The normalized spacial score (nSPS) is 12.2. The Labute approximate surface area is 120 Å². The molecule has 0 aliphatic rings. The van der Waals surface area contributed by atoms with Gasteiger partial charge in [0.25, 0.3) is 0 Å². The van der Waals surface area contributed by atoms with Crippen LogP contribution in [-0.4, -0.2) is 13.7 Å². The lowest BCUT2D eigenvalue weighted by Gasteiger charge is -2.15. The molecule has 0 bridgehead atoms. The van der Waals surface area contributed by atoms with E-state index in [4.69, 9.17) is 10.5 Å². The lowest BCUT2D eigenvalue weighted by Crippen LogP contribution is -2.09. The highest BCUT2D eigenvalue weighted by Gasteiger charge is 2.14. The van der Waals surface area contributed by atoms with Gasteiger partial charge in [-0.05, 0) is 29.8 Å². The third-order valence-corrected chi connectivity index (χ3v) is 4.20. The maximum atomic E-state index is 13.7. The Morgan fingerprint density at radius 1 is 1.15 bits per heavy atom. The van der Waals surface area contributed by atoms with Crippen LogP contribution in [0.4, 0.5) is 8.78 Å². The van der Waals surface area contributed by atoms with Crippen molar-refractivity contribution >= 4 is 11.8 Å². The van der Waals surface area contributed by atoms with E-state index in [1.54, 1.807) is 7.11 Å². The number of benzene rings is 2. The molecule has 0 aliphatic carbocycles. The van der Waals surface area contributed by atoms with E-state index in [2.05, 4.69) is 0 Å². The lowest BCUT2D eigenvalue weighted by atomic mass is 10.1. The largest absolute Gasteiger partial charge is 0.497 e. The van der Waals surface area contributed by atoms with Crippen molar-refractivity contribution in [3.8, 4) is 5.75 Å². The average molecular weight is 295 g/mol. The Morgan fingerprint density at radius 2 is 1.85 bits per heavy atom. The molecule has 0 amide bonds. The minimum absolute atomic E-state index is 0.0964. The first-order valence-electron chi connectivity index (χ1n) is 6.09. The zero-order valence-electron chi connectivity index (χ0n) is 11.0. The predicted molar refractivity (Wildman–Crippen MR) is 77.0 cm³/mol. The van der Waals surface area contributed by atoms with Crippen LogP contribution in [0, 0.1) is 11.6 Å². The summed E-state index contributed by atoms with van der Waals surface area (Å²) in [6.07, 6.45) is 0. The fraction of sp³-hybridized carbons (Fsp3) is 0.200. The van der Waals surface area contributed by atoms with E-state index in [-0.39, 0.29) is 5.25 Å². The van der Waals surface area contributed by atoms with Gasteiger partial charge in [0, 0.05) is 22.8 Å². The van der Waals surface area contributed by atoms with Crippen molar-refractivity contribution < 1.29 is 13.5 Å². The molecule has 1 atom stereocenters. The summed E-state index contributed by atoms with van der Waals surface area (Å²) >= 11 is 1.28. The number of hydrogen-bond acceptors (Lipinski definition) is 3. The summed E-state index contributed by atoms with van der Waals surface area (Å²) in [5, 5.41) is -0.0964. The maximum absolute atomic E-state index is 13.7. The number of ether oxygens (including phenoxy) is 1. The van der Waals surface area contributed by atoms with Crippen LogP contribution >= 0.6 is 11.8 Å². The maximum Gasteiger partial charge on any atom is 0.139 e. The third kappa shape index (κ3) is 3.49. The van der Waals surface area contributed by atoms with E-state index in [0.717, 1.165) is 17.4 Å². The SMILES string of the molecule is COc1ccc(C(CN)Sc2ccc(F)cc2F)cc1. The number of methoxy groups -OCH3 is 1. The first-order valence-corrected chi connectivity index (χ1v) is 6.97. The number of hydrogen-bond donors (Lipinski definition) is 1. The Hall–Kier alpha value is -1.59. The molecule has 0 aliphatic heterocycles. The second-order valence-electron chi connectivity index (χ2n) is 4.19. The molecule has 2 nitrogen and oxygen atoms in total. The molecule has 0 saturated carbocycles. The van der Waals surface area contributed by atoms with E-state index in [1.165, 1.54) is 23.9 Å². The first-order chi connectivity index (χ1) is 9.63. The van der Waals surface area contributed by atoms with Gasteiger partial charge in [-0.3, -0.25) is 0 Å². The number of nitrogens with two attached hydrogens (primary N) is 1. The Morgan fingerprint density at radius 3 is 2.40 bits per heavy atom. The van der Waals surface area contributed by atoms with Gasteiger partial charge in [0.05, 0.1) is 7.11 Å². The highest BCUT2D eigenvalue weighted by molar-refractivity contribution is 7.99. The Bertz CT molecular complexity index is 575. The first kappa shape index (κ1) is 14.8. The molecule has 0 saturated heterocycles. The summed E-state index contributed by atoms with van der Waals surface area (Å²) in [4.78, 5) is 0.387. The molecule has 0 aromatic heterocycles. The highest BCUT2D eigenvalue weighted by atomic mass is 32.2. The van der Waals surface area contributed by atoms with Gasteiger partial charge in [-0.2, -0.15) is 0 Å². The zero-order valence-corrected chi connectivity index (χ0v) is 11.8. The van der Waals surface area contributed by atoms with E-state index in [0.29, 0.717) is 11.4 Å². The van der Waals surface area contributed by atoms with Crippen LogP contribution in [0.1, 0.15) is 10.8 Å². The number of thioether (sulfide) groups is 1. The van der Waals surface area contributed by atoms with Gasteiger partial charge in [0.1, 0.15) is 17.4 Å². The predicted octanol–water partition coefficient (Wildman–Crippen LogP) is 3.77. The number of halogens is 2. The fourth-order valence-electron chi connectivity index (χ4n) is 1.79. The molecule has 106 valence electrons. The molecule has 2 rings (SSSR count). The summed E-state index contributed by atoms with van der Waals surface area (Å²) in [5.41, 5.74) is 6.73. The van der Waals surface area contributed by atoms with Crippen molar-refractivity contribution in [3.05, 3.63) is 59.7 Å². The Balaban J connectivity index is 2.19. The van der Waals surface area contributed by atoms with Gasteiger partial charge in [-0.1, -0.05) is 12.1 Å². The topological polar surface area (TPSA) is 35.2 Å². The summed E-state index contributed by atoms with van der Waals surface area (Å²) in [5.74, 6) is -0.398. The molecule has 2 N–H and O–H groups in total. The zero-order chi connectivity index (χ0) is 14.5. The van der Waals surface area contributed by atoms with E-state index >= 15 is 0 Å². The van der Waals surface area contributed by atoms with Crippen LogP contribution in [0.5, 0.6) is 5.75 Å². The van der Waals surface area contributed by atoms with Crippen molar-refractivity contribution in [2.45, 2.75) is 10.1 Å². The number of rotatable bonds is 5.